The van der Waals surface area contributed by atoms with Crippen molar-refractivity contribution in [2.75, 3.05) is 13.1 Å². The monoisotopic (exact) mass is 279 g/mol. The molecule has 0 bridgehead atoms. The first-order chi connectivity index (χ1) is 9.03. The van der Waals surface area contributed by atoms with E-state index < -0.39 is 5.60 Å². The summed E-state index contributed by atoms with van der Waals surface area (Å²) in [6.07, 6.45) is 0. The second kappa shape index (κ2) is 4.59. The molecule has 6 heteroatoms. The molecule has 100 valence electrons. The lowest BCUT2D eigenvalue weighted by molar-refractivity contribution is -0.0901. The molecular weight excluding hydrogens is 266 g/mol. The van der Waals surface area contributed by atoms with Crippen LogP contribution in [0, 0.1) is 0 Å². The number of aliphatic hydroxyl groups is 1. The molecule has 1 aliphatic heterocycles. The molecule has 1 N–H and O–H groups in total. The molecule has 0 aliphatic carbocycles. The van der Waals surface area contributed by atoms with Crippen molar-refractivity contribution in [2.45, 2.75) is 19.1 Å². The molecule has 2 aromatic rings. The Morgan fingerprint density at radius 1 is 1.42 bits per heavy atom. The van der Waals surface area contributed by atoms with Crippen molar-refractivity contribution < 1.29 is 9.63 Å². The van der Waals surface area contributed by atoms with Gasteiger partial charge in [-0.1, -0.05) is 28.9 Å². The summed E-state index contributed by atoms with van der Waals surface area (Å²) in [4.78, 5) is 6.37. The molecule has 2 heterocycles. The van der Waals surface area contributed by atoms with Gasteiger partial charge in [0, 0.05) is 18.7 Å². The zero-order valence-corrected chi connectivity index (χ0v) is 11.3. The van der Waals surface area contributed by atoms with Gasteiger partial charge < -0.3 is 9.63 Å². The second-order valence-electron chi connectivity index (χ2n) is 5.13. The van der Waals surface area contributed by atoms with Crippen LogP contribution in [0.2, 0.25) is 5.02 Å². The third-order valence-electron chi connectivity index (χ3n) is 3.07. The Morgan fingerprint density at radius 2 is 2.16 bits per heavy atom. The van der Waals surface area contributed by atoms with Gasteiger partial charge in [0.25, 0.3) is 0 Å². The number of halogens is 1. The minimum Gasteiger partial charge on any atom is -0.388 e. The van der Waals surface area contributed by atoms with Crippen LogP contribution in [0.4, 0.5) is 0 Å². The van der Waals surface area contributed by atoms with E-state index in [0.717, 1.165) is 5.56 Å². The highest BCUT2D eigenvalue weighted by atomic mass is 35.5. The highest BCUT2D eigenvalue weighted by Gasteiger charge is 2.37. The van der Waals surface area contributed by atoms with Gasteiger partial charge in [-0.2, -0.15) is 4.98 Å². The van der Waals surface area contributed by atoms with Crippen molar-refractivity contribution in [1.82, 2.24) is 15.0 Å². The molecule has 5 nitrogen and oxygen atoms in total. The quantitative estimate of drug-likeness (QED) is 0.930. The van der Waals surface area contributed by atoms with E-state index in [-0.39, 0.29) is 0 Å². The van der Waals surface area contributed by atoms with Crippen LogP contribution in [0.15, 0.2) is 28.8 Å². The van der Waals surface area contributed by atoms with Gasteiger partial charge >= 0.3 is 0 Å². The Balaban J connectivity index is 1.72. The third-order valence-corrected chi connectivity index (χ3v) is 3.40. The van der Waals surface area contributed by atoms with Crippen molar-refractivity contribution in [3.05, 3.63) is 35.2 Å². The van der Waals surface area contributed by atoms with Crippen LogP contribution in [0.25, 0.3) is 11.4 Å². The van der Waals surface area contributed by atoms with Crippen LogP contribution in [-0.4, -0.2) is 38.8 Å². The van der Waals surface area contributed by atoms with Gasteiger partial charge in [-0.05, 0) is 19.1 Å². The van der Waals surface area contributed by atoms with Gasteiger partial charge in [0.2, 0.25) is 11.7 Å². The van der Waals surface area contributed by atoms with Gasteiger partial charge in [-0.25, -0.2) is 0 Å². The first kappa shape index (κ1) is 12.6. The lowest BCUT2D eigenvalue weighted by Crippen LogP contribution is -2.59. The maximum absolute atomic E-state index is 9.66. The first-order valence-corrected chi connectivity index (χ1v) is 6.43. The molecule has 1 aromatic carbocycles. The normalized spacial score (nSPS) is 18.3. The summed E-state index contributed by atoms with van der Waals surface area (Å²) >= 11 is 6.08. The fraction of sp³-hybridized carbons (Fsp3) is 0.385. The fourth-order valence-corrected chi connectivity index (χ4v) is 2.51. The molecule has 1 aliphatic rings. The standard InChI is InChI=1S/C13H14ClN3O2/c1-13(18)7-17(8-13)6-11-15-12(16-19-11)9-4-2-3-5-10(9)14/h2-5,18H,6-8H2,1H3. The summed E-state index contributed by atoms with van der Waals surface area (Å²) in [6.45, 7) is 3.60. The van der Waals surface area contributed by atoms with Gasteiger partial charge in [0.1, 0.15) is 0 Å². The summed E-state index contributed by atoms with van der Waals surface area (Å²) in [5.74, 6) is 1.03. The van der Waals surface area contributed by atoms with Crippen LogP contribution >= 0.6 is 11.6 Å². The highest BCUT2D eigenvalue weighted by molar-refractivity contribution is 6.33. The zero-order chi connectivity index (χ0) is 13.5. The molecule has 3 rings (SSSR count). The van der Waals surface area contributed by atoms with Crippen molar-refractivity contribution in [3.8, 4) is 11.4 Å². The number of likely N-dealkylation sites (tertiary alicyclic amines) is 1. The number of β-amino-alcohol motifs (C(OH)–C–C–N with tert-alkyl or cyclic N) is 1. The van der Waals surface area contributed by atoms with Crippen molar-refractivity contribution in [2.24, 2.45) is 0 Å². The smallest absolute Gasteiger partial charge is 0.241 e. The lowest BCUT2D eigenvalue weighted by Gasteiger charge is -2.43. The molecule has 0 amide bonds. The zero-order valence-electron chi connectivity index (χ0n) is 10.5. The lowest BCUT2D eigenvalue weighted by atomic mass is 9.97. The molecule has 19 heavy (non-hydrogen) atoms. The van der Waals surface area contributed by atoms with Crippen LogP contribution in [-0.2, 0) is 6.54 Å². The first-order valence-electron chi connectivity index (χ1n) is 6.06. The topological polar surface area (TPSA) is 62.4 Å². The molecular formula is C13H14ClN3O2. The fourth-order valence-electron chi connectivity index (χ4n) is 2.29. The van der Waals surface area contributed by atoms with Gasteiger partial charge in [0.05, 0.1) is 17.2 Å². The Hall–Kier alpha value is -1.43. The molecule has 0 atom stereocenters. The van der Waals surface area contributed by atoms with E-state index in [1.807, 2.05) is 30.0 Å². The van der Waals surface area contributed by atoms with Crippen molar-refractivity contribution in [3.63, 3.8) is 0 Å². The summed E-state index contributed by atoms with van der Waals surface area (Å²) in [5, 5.41) is 14.2. The van der Waals surface area contributed by atoms with Crippen LogP contribution in [0.3, 0.4) is 0 Å². The van der Waals surface area contributed by atoms with Gasteiger partial charge in [-0.15, -0.1) is 0 Å². The number of benzene rings is 1. The van der Waals surface area contributed by atoms with Crippen molar-refractivity contribution in [1.29, 1.82) is 0 Å². The van der Waals surface area contributed by atoms with Crippen molar-refractivity contribution >= 4 is 11.6 Å². The minimum absolute atomic E-state index is 0.493. The molecule has 1 aromatic heterocycles. The Morgan fingerprint density at radius 3 is 2.84 bits per heavy atom. The number of nitrogens with zero attached hydrogens (tertiary/aromatic N) is 3. The van der Waals surface area contributed by atoms with Gasteiger partial charge in [0.15, 0.2) is 0 Å². The molecule has 0 unspecified atom stereocenters. The second-order valence-corrected chi connectivity index (χ2v) is 5.54. The Labute approximate surface area is 115 Å². The van der Waals surface area contributed by atoms with E-state index in [1.165, 1.54) is 0 Å². The summed E-state index contributed by atoms with van der Waals surface area (Å²) in [7, 11) is 0. The van der Waals surface area contributed by atoms with Crippen LogP contribution in [0.1, 0.15) is 12.8 Å². The predicted octanol–water partition coefficient (Wildman–Crippen LogP) is 1.96. The Kier molecular flexibility index (Phi) is 3.05. The highest BCUT2D eigenvalue weighted by Crippen LogP contribution is 2.26. The maximum atomic E-state index is 9.66. The molecule has 0 radical (unpaired) electrons. The average Bonchev–Trinajstić information content (AvgIpc) is 2.75. The van der Waals surface area contributed by atoms with E-state index in [0.29, 0.717) is 36.4 Å². The average molecular weight is 280 g/mol. The largest absolute Gasteiger partial charge is 0.388 e. The molecule has 0 spiro atoms. The van der Waals surface area contributed by atoms with Crippen LogP contribution in [0.5, 0.6) is 0 Å². The Bertz CT molecular complexity index is 589. The summed E-state index contributed by atoms with van der Waals surface area (Å²) in [6, 6.07) is 7.38. The molecule has 1 saturated heterocycles. The summed E-state index contributed by atoms with van der Waals surface area (Å²) < 4.78 is 5.21. The SMILES string of the molecule is CC1(O)CN(Cc2nc(-c3ccccc3Cl)no2)C1. The van der Waals surface area contributed by atoms with Crippen LogP contribution < -0.4 is 0 Å². The number of rotatable bonds is 3. The minimum atomic E-state index is -0.592. The van der Waals surface area contributed by atoms with E-state index in [1.54, 1.807) is 6.07 Å². The van der Waals surface area contributed by atoms with E-state index in [9.17, 15) is 5.11 Å². The van der Waals surface area contributed by atoms with Gasteiger partial charge in [-0.3, -0.25) is 4.90 Å². The third kappa shape index (κ3) is 2.63. The maximum Gasteiger partial charge on any atom is 0.241 e. The van der Waals surface area contributed by atoms with E-state index in [2.05, 4.69) is 10.1 Å². The number of aromatic nitrogens is 2. The number of hydrogen-bond acceptors (Lipinski definition) is 5. The summed E-state index contributed by atoms with van der Waals surface area (Å²) in [5.41, 5.74) is 0.167. The molecule has 1 fully saturated rings. The number of hydrogen-bond donors (Lipinski definition) is 1. The predicted molar refractivity (Wildman–Crippen MR) is 70.6 cm³/mol. The van der Waals surface area contributed by atoms with E-state index >= 15 is 0 Å². The van der Waals surface area contributed by atoms with E-state index in [4.69, 9.17) is 16.1 Å². The molecule has 0 saturated carbocycles.